The molecule has 146 valence electrons. The van der Waals surface area contributed by atoms with Gasteiger partial charge in [-0.05, 0) is 26.2 Å². The monoisotopic (exact) mass is 363 g/mol. The Hall–Kier alpha value is -1.67. The summed E-state index contributed by atoms with van der Waals surface area (Å²) in [4.78, 5) is 11.8. The Kier molecular flexibility index (Phi) is 6.85. The van der Waals surface area contributed by atoms with Crippen LogP contribution in [0, 0.1) is 12.8 Å². The lowest BCUT2D eigenvalue weighted by Gasteiger charge is -2.29. The molecule has 2 unspecified atom stereocenters. The maximum atomic E-state index is 5.42. The van der Waals surface area contributed by atoms with E-state index < -0.39 is 0 Å². The molecule has 8 nitrogen and oxygen atoms in total. The number of nitrogens with one attached hydrogen (secondary N) is 2. The number of ether oxygens (including phenoxy) is 1. The summed E-state index contributed by atoms with van der Waals surface area (Å²) in [5.74, 6) is 3.39. The van der Waals surface area contributed by atoms with Crippen LogP contribution in [0.25, 0.3) is 0 Å². The zero-order chi connectivity index (χ0) is 18.4. The topological polar surface area (TPSA) is 79.6 Å². The number of hydrogen-bond donors (Lipinski definition) is 2. The lowest BCUT2D eigenvalue weighted by atomic mass is 10.1. The Morgan fingerprint density at radius 3 is 2.96 bits per heavy atom. The third-order valence-corrected chi connectivity index (χ3v) is 4.88. The van der Waals surface area contributed by atoms with Gasteiger partial charge in [0.05, 0.1) is 19.8 Å². The zero-order valence-corrected chi connectivity index (χ0v) is 16.4. The number of nitrogens with zero attached hydrogens (tertiary/aromatic N) is 5. The van der Waals surface area contributed by atoms with E-state index in [4.69, 9.17) is 9.73 Å². The first-order chi connectivity index (χ1) is 12.6. The summed E-state index contributed by atoms with van der Waals surface area (Å²) in [6.07, 6.45) is 2.03. The Morgan fingerprint density at radius 2 is 2.19 bits per heavy atom. The van der Waals surface area contributed by atoms with Crippen molar-refractivity contribution in [2.45, 2.75) is 46.2 Å². The highest BCUT2D eigenvalue weighted by Crippen LogP contribution is 2.13. The summed E-state index contributed by atoms with van der Waals surface area (Å²) in [7, 11) is 0. The lowest BCUT2D eigenvalue weighted by Crippen LogP contribution is -2.47. The normalized spacial score (nSPS) is 22.7. The van der Waals surface area contributed by atoms with Gasteiger partial charge in [-0.2, -0.15) is 5.10 Å². The van der Waals surface area contributed by atoms with E-state index in [0.717, 1.165) is 82.9 Å². The summed E-state index contributed by atoms with van der Waals surface area (Å²) >= 11 is 0. The average molecular weight is 364 g/mol. The molecule has 1 aromatic rings. The largest absolute Gasteiger partial charge is 0.379 e. The van der Waals surface area contributed by atoms with Gasteiger partial charge < -0.3 is 15.4 Å². The van der Waals surface area contributed by atoms with Gasteiger partial charge >= 0.3 is 0 Å². The highest BCUT2D eigenvalue weighted by molar-refractivity contribution is 5.80. The van der Waals surface area contributed by atoms with E-state index in [2.05, 4.69) is 39.5 Å². The Morgan fingerprint density at radius 1 is 1.38 bits per heavy atom. The molecule has 2 N–H and O–H groups in total. The molecule has 1 aromatic heterocycles. The second kappa shape index (κ2) is 9.32. The molecule has 3 rings (SSSR count). The SMILES string of the molecule is CCNC(=NCC(C)CN1CCOCC1)NC1CCc2nc(C)nn2C1. The van der Waals surface area contributed by atoms with Crippen molar-refractivity contribution in [3.05, 3.63) is 11.6 Å². The summed E-state index contributed by atoms with van der Waals surface area (Å²) in [5.41, 5.74) is 0. The van der Waals surface area contributed by atoms with Gasteiger partial charge in [-0.1, -0.05) is 6.92 Å². The zero-order valence-electron chi connectivity index (χ0n) is 16.4. The second-order valence-corrected chi connectivity index (χ2v) is 7.38. The number of aromatic nitrogens is 3. The second-order valence-electron chi connectivity index (χ2n) is 7.38. The molecule has 3 heterocycles. The van der Waals surface area contributed by atoms with Crippen molar-refractivity contribution in [1.82, 2.24) is 30.3 Å². The van der Waals surface area contributed by atoms with Gasteiger partial charge in [0.2, 0.25) is 0 Å². The summed E-state index contributed by atoms with van der Waals surface area (Å²) in [6.45, 7) is 13.7. The maximum Gasteiger partial charge on any atom is 0.191 e. The van der Waals surface area contributed by atoms with Gasteiger partial charge in [-0.25, -0.2) is 9.67 Å². The van der Waals surface area contributed by atoms with E-state index in [9.17, 15) is 0 Å². The molecule has 2 atom stereocenters. The summed E-state index contributed by atoms with van der Waals surface area (Å²) < 4.78 is 7.45. The summed E-state index contributed by atoms with van der Waals surface area (Å²) in [6, 6.07) is 0.343. The van der Waals surface area contributed by atoms with Crippen molar-refractivity contribution in [3.8, 4) is 0 Å². The van der Waals surface area contributed by atoms with Crippen molar-refractivity contribution < 1.29 is 4.74 Å². The number of hydrogen-bond acceptors (Lipinski definition) is 5. The van der Waals surface area contributed by atoms with Gasteiger partial charge in [0, 0.05) is 45.2 Å². The first kappa shape index (κ1) is 19.1. The minimum absolute atomic E-state index is 0.343. The molecule has 0 aliphatic carbocycles. The lowest BCUT2D eigenvalue weighted by molar-refractivity contribution is 0.0323. The van der Waals surface area contributed by atoms with Gasteiger partial charge in [-0.3, -0.25) is 9.89 Å². The molecular formula is C18H33N7O. The fraction of sp³-hybridized carbons (Fsp3) is 0.833. The molecule has 8 heteroatoms. The predicted octanol–water partition coefficient (Wildman–Crippen LogP) is 0.425. The standard InChI is InChI=1S/C18H33N7O/c1-4-19-18(20-11-14(2)12-24-7-9-26-10-8-24)22-16-5-6-17-21-15(3)23-25(17)13-16/h14,16H,4-13H2,1-3H3,(H2,19,20,22). The van der Waals surface area contributed by atoms with Crippen LogP contribution in [-0.2, 0) is 17.7 Å². The number of aliphatic imine (C=N–C) groups is 1. The predicted molar refractivity (Wildman–Crippen MR) is 102 cm³/mol. The van der Waals surface area contributed by atoms with Crippen LogP contribution in [0.3, 0.4) is 0 Å². The van der Waals surface area contributed by atoms with Crippen LogP contribution in [0.15, 0.2) is 4.99 Å². The molecule has 0 aromatic carbocycles. The number of morpholine rings is 1. The quantitative estimate of drug-likeness (QED) is 0.563. The number of aryl methyl sites for hydroxylation is 2. The third-order valence-electron chi connectivity index (χ3n) is 4.88. The Balaban J connectivity index is 1.50. The van der Waals surface area contributed by atoms with Crippen LogP contribution in [0.2, 0.25) is 0 Å². The molecule has 0 amide bonds. The van der Waals surface area contributed by atoms with E-state index in [-0.39, 0.29) is 0 Å². The van der Waals surface area contributed by atoms with Gasteiger partial charge in [0.1, 0.15) is 11.6 Å². The molecular weight excluding hydrogens is 330 g/mol. The molecule has 0 radical (unpaired) electrons. The van der Waals surface area contributed by atoms with Crippen molar-refractivity contribution >= 4 is 5.96 Å². The molecule has 0 bridgehead atoms. The number of rotatable bonds is 6. The van der Waals surface area contributed by atoms with Gasteiger partial charge in [0.25, 0.3) is 0 Å². The molecule has 1 saturated heterocycles. The minimum atomic E-state index is 0.343. The summed E-state index contributed by atoms with van der Waals surface area (Å²) in [5, 5.41) is 11.4. The van der Waals surface area contributed by atoms with Crippen LogP contribution < -0.4 is 10.6 Å². The highest BCUT2D eigenvalue weighted by Gasteiger charge is 2.21. The Bertz CT molecular complexity index is 594. The van der Waals surface area contributed by atoms with E-state index in [1.807, 2.05) is 11.6 Å². The van der Waals surface area contributed by atoms with Crippen LogP contribution in [0.4, 0.5) is 0 Å². The van der Waals surface area contributed by atoms with Crippen LogP contribution in [-0.4, -0.2) is 77.6 Å². The molecule has 0 spiro atoms. The number of fused-ring (bicyclic) bond motifs is 1. The van der Waals surface area contributed by atoms with E-state index in [0.29, 0.717) is 12.0 Å². The van der Waals surface area contributed by atoms with E-state index in [1.54, 1.807) is 0 Å². The van der Waals surface area contributed by atoms with Crippen molar-refractivity contribution in [2.24, 2.45) is 10.9 Å². The van der Waals surface area contributed by atoms with Crippen LogP contribution in [0.5, 0.6) is 0 Å². The average Bonchev–Trinajstić information content (AvgIpc) is 3.00. The van der Waals surface area contributed by atoms with Crippen LogP contribution >= 0.6 is 0 Å². The first-order valence-electron chi connectivity index (χ1n) is 9.89. The van der Waals surface area contributed by atoms with Gasteiger partial charge in [-0.15, -0.1) is 0 Å². The van der Waals surface area contributed by atoms with Crippen LogP contribution in [0.1, 0.15) is 31.9 Å². The van der Waals surface area contributed by atoms with E-state index in [1.165, 1.54) is 0 Å². The fourth-order valence-electron chi connectivity index (χ4n) is 3.59. The van der Waals surface area contributed by atoms with Crippen molar-refractivity contribution in [2.75, 3.05) is 45.9 Å². The van der Waals surface area contributed by atoms with Crippen molar-refractivity contribution in [1.29, 1.82) is 0 Å². The van der Waals surface area contributed by atoms with Crippen molar-refractivity contribution in [3.63, 3.8) is 0 Å². The first-order valence-corrected chi connectivity index (χ1v) is 9.89. The van der Waals surface area contributed by atoms with E-state index >= 15 is 0 Å². The molecule has 26 heavy (non-hydrogen) atoms. The minimum Gasteiger partial charge on any atom is -0.379 e. The molecule has 0 saturated carbocycles. The smallest absolute Gasteiger partial charge is 0.191 e. The maximum absolute atomic E-state index is 5.42. The van der Waals surface area contributed by atoms with Gasteiger partial charge in [0.15, 0.2) is 5.96 Å². The molecule has 2 aliphatic heterocycles. The Labute approximate surface area is 156 Å². The highest BCUT2D eigenvalue weighted by atomic mass is 16.5. The fourth-order valence-corrected chi connectivity index (χ4v) is 3.59. The molecule has 1 fully saturated rings. The molecule has 2 aliphatic rings. The number of guanidine groups is 1. The third kappa shape index (κ3) is 5.41.